The molecule has 260 valence electrons. The van der Waals surface area contributed by atoms with Crippen LogP contribution in [0, 0.1) is 0 Å². The molecule has 2 heterocycles. The summed E-state index contributed by atoms with van der Waals surface area (Å²) < 4.78 is 52.5. The normalized spacial score (nSPS) is 16.0. The van der Waals surface area contributed by atoms with Gasteiger partial charge in [0.05, 0.1) is 16.9 Å². The molecule has 2 aliphatic heterocycles. The van der Waals surface area contributed by atoms with Crippen molar-refractivity contribution in [3.63, 3.8) is 0 Å². The molecular formula is C38H43F3N4O3S. The Morgan fingerprint density at radius 2 is 1.55 bits per heavy atom. The van der Waals surface area contributed by atoms with E-state index in [4.69, 9.17) is 9.47 Å². The van der Waals surface area contributed by atoms with Crippen LogP contribution in [0.3, 0.4) is 0 Å². The first-order valence-electron chi connectivity index (χ1n) is 16.8. The Hall–Kier alpha value is -3.77. The number of anilines is 2. The third kappa shape index (κ3) is 8.52. The summed E-state index contributed by atoms with van der Waals surface area (Å²) in [6, 6.07) is 24.0. The topological polar surface area (TPSA) is 48.5 Å². The fourth-order valence-electron chi connectivity index (χ4n) is 6.47. The lowest BCUT2D eigenvalue weighted by atomic mass is 10.0. The molecule has 0 bridgehead atoms. The Balaban J connectivity index is 0.955. The van der Waals surface area contributed by atoms with Crippen molar-refractivity contribution in [1.82, 2.24) is 14.7 Å². The molecule has 49 heavy (non-hydrogen) atoms. The largest absolute Gasteiger partial charge is 0.479 e. The van der Waals surface area contributed by atoms with Gasteiger partial charge in [-0.25, -0.2) is 4.79 Å². The van der Waals surface area contributed by atoms with Gasteiger partial charge in [0, 0.05) is 61.2 Å². The summed E-state index contributed by atoms with van der Waals surface area (Å²) in [5.41, 5.74) is 1.98. The molecule has 4 aromatic rings. The van der Waals surface area contributed by atoms with Gasteiger partial charge in [-0.15, -0.1) is 0 Å². The molecule has 1 unspecified atom stereocenters. The lowest BCUT2D eigenvalue weighted by molar-refractivity contribution is -0.151. The van der Waals surface area contributed by atoms with Crippen molar-refractivity contribution < 1.29 is 27.4 Å². The third-order valence-electron chi connectivity index (χ3n) is 9.03. The highest BCUT2D eigenvalue weighted by Gasteiger charge is 2.33. The summed E-state index contributed by atoms with van der Waals surface area (Å²) in [6.45, 7) is 8.30. The predicted molar refractivity (Wildman–Crippen MR) is 189 cm³/mol. The van der Waals surface area contributed by atoms with E-state index >= 15 is 0 Å². The lowest BCUT2D eigenvalue weighted by Gasteiger charge is -2.36. The van der Waals surface area contributed by atoms with E-state index in [2.05, 4.69) is 26.8 Å². The number of esters is 1. The van der Waals surface area contributed by atoms with Crippen LogP contribution in [0.25, 0.3) is 10.8 Å². The molecule has 0 saturated carbocycles. The maximum Gasteiger partial charge on any atom is 0.416 e. The van der Waals surface area contributed by atoms with Gasteiger partial charge in [0.1, 0.15) is 12.4 Å². The minimum Gasteiger partial charge on any atom is -0.479 e. The monoisotopic (exact) mass is 692 g/mol. The van der Waals surface area contributed by atoms with E-state index < -0.39 is 17.8 Å². The number of ether oxygens (including phenoxy) is 2. The second-order valence-corrected chi connectivity index (χ2v) is 14.0. The summed E-state index contributed by atoms with van der Waals surface area (Å²) in [7, 11) is 4.02. The van der Waals surface area contributed by atoms with Crippen molar-refractivity contribution in [2.24, 2.45) is 0 Å². The van der Waals surface area contributed by atoms with Crippen LogP contribution in [0.2, 0.25) is 0 Å². The van der Waals surface area contributed by atoms with Crippen LogP contribution in [0.5, 0.6) is 5.75 Å². The maximum atomic E-state index is 13.6. The highest BCUT2D eigenvalue weighted by Crippen LogP contribution is 2.49. The van der Waals surface area contributed by atoms with Crippen LogP contribution in [0.1, 0.15) is 24.5 Å². The second-order valence-electron chi connectivity index (χ2n) is 12.9. The molecule has 6 rings (SSSR count). The molecule has 1 atom stereocenters. The van der Waals surface area contributed by atoms with Gasteiger partial charge in [-0.2, -0.15) is 13.2 Å². The molecule has 4 aromatic carbocycles. The highest BCUT2D eigenvalue weighted by molar-refractivity contribution is 7.99. The molecule has 1 fully saturated rings. The van der Waals surface area contributed by atoms with Crippen LogP contribution >= 0.6 is 11.8 Å². The molecule has 7 nitrogen and oxygen atoms in total. The Labute approximate surface area is 290 Å². The van der Waals surface area contributed by atoms with Crippen molar-refractivity contribution in [2.45, 2.75) is 42.0 Å². The van der Waals surface area contributed by atoms with E-state index in [1.807, 2.05) is 67.5 Å². The van der Waals surface area contributed by atoms with Gasteiger partial charge in [0.15, 0.2) is 6.10 Å². The Morgan fingerprint density at radius 1 is 0.857 bits per heavy atom. The molecule has 0 aliphatic carbocycles. The summed E-state index contributed by atoms with van der Waals surface area (Å²) >= 11 is 1.51. The van der Waals surface area contributed by atoms with Gasteiger partial charge in [-0.05, 0) is 81.2 Å². The van der Waals surface area contributed by atoms with Crippen LogP contribution in [-0.4, -0.2) is 93.3 Å². The molecule has 0 spiro atoms. The first-order valence-corrected chi connectivity index (χ1v) is 17.6. The molecular weight excluding hydrogens is 650 g/mol. The third-order valence-corrected chi connectivity index (χ3v) is 10.2. The average Bonchev–Trinajstić information content (AvgIpc) is 3.08. The number of hydrogen-bond donors (Lipinski definition) is 0. The summed E-state index contributed by atoms with van der Waals surface area (Å²) in [5, 5.41) is 2.23. The second kappa shape index (κ2) is 15.4. The van der Waals surface area contributed by atoms with E-state index in [0.29, 0.717) is 37.7 Å². The van der Waals surface area contributed by atoms with Gasteiger partial charge >= 0.3 is 12.1 Å². The van der Waals surface area contributed by atoms with E-state index in [1.165, 1.54) is 23.9 Å². The number of para-hydroxylation sites is 1. The number of benzene rings is 4. The molecule has 0 amide bonds. The van der Waals surface area contributed by atoms with Crippen LogP contribution < -0.4 is 9.64 Å². The number of nitrogens with zero attached hydrogens (tertiary/aromatic N) is 4. The Kier molecular flexibility index (Phi) is 11.0. The van der Waals surface area contributed by atoms with Gasteiger partial charge in [0.25, 0.3) is 0 Å². The zero-order valence-corrected chi connectivity index (χ0v) is 29.0. The van der Waals surface area contributed by atoms with E-state index in [9.17, 15) is 18.0 Å². The van der Waals surface area contributed by atoms with Crippen molar-refractivity contribution in [3.05, 3.63) is 90.0 Å². The van der Waals surface area contributed by atoms with E-state index in [1.54, 1.807) is 13.0 Å². The number of rotatable bonds is 12. The van der Waals surface area contributed by atoms with Crippen LogP contribution in [-0.2, 0) is 22.3 Å². The molecule has 0 aromatic heterocycles. The van der Waals surface area contributed by atoms with E-state index in [-0.39, 0.29) is 5.97 Å². The summed E-state index contributed by atoms with van der Waals surface area (Å²) in [5.74, 6) is 0.302. The number of fused-ring (bicyclic) bond motifs is 3. The van der Waals surface area contributed by atoms with Gasteiger partial charge in [-0.1, -0.05) is 54.2 Å². The molecule has 2 aliphatic rings. The first-order chi connectivity index (χ1) is 23.6. The Morgan fingerprint density at radius 3 is 2.31 bits per heavy atom. The van der Waals surface area contributed by atoms with Crippen molar-refractivity contribution in [3.8, 4) is 5.75 Å². The standard InChI is InChI=1S/C38H43F3N4O3S/c1-27(48-34-15-13-28-9-4-5-10-30(28)31(34)26-42(2)3)37(46)47-24-23-44-21-19-43(20-22-44)17-8-18-45-32-11-6-7-12-35(32)49-36-16-14-29(25-33(36)45)38(39,40)41/h4-7,9-16,25,27H,8,17-24,26H2,1-3H3. The zero-order valence-electron chi connectivity index (χ0n) is 28.2. The highest BCUT2D eigenvalue weighted by atomic mass is 32.2. The van der Waals surface area contributed by atoms with Crippen molar-refractivity contribution >= 4 is 39.9 Å². The molecule has 0 N–H and O–H groups in total. The first kappa shape index (κ1) is 35.1. The number of carbonyl (C=O) groups excluding carboxylic acids is 1. The molecule has 1 saturated heterocycles. The maximum absolute atomic E-state index is 13.6. The predicted octanol–water partition coefficient (Wildman–Crippen LogP) is 7.54. The lowest BCUT2D eigenvalue weighted by Crippen LogP contribution is -2.48. The molecule has 0 radical (unpaired) electrons. The zero-order chi connectivity index (χ0) is 34.5. The van der Waals surface area contributed by atoms with Crippen molar-refractivity contribution in [1.29, 1.82) is 0 Å². The van der Waals surface area contributed by atoms with Gasteiger partial charge in [-0.3, -0.25) is 4.90 Å². The van der Waals surface area contributed by atoms with Gasteiger partial charge < -0.3 is 24.2 Å². The smallest absolute Gasteiger partial charge is 0.416 e. The SMILES string of the molecule is CC(Oc1ccc2ccccc2c1CN(C)C)C(=O)OCCN1CCN(CCCN2c3ccccc3Sc3ccc(C(F)(F)F)cc32)CC1. The van der Waals surface area contributed by atoms with Gasteiger partial charge in [0.2, 0.25) is 0 Å². The number of carbonyl (C=O) groups is 1. The summed E-state index contributed by atoms with van der Waals surface area (Å²) in [6.07, 6.45) is -4.31. The fourth-order valence-corrected chi connectivity index (χ4v) is 7.55. The Bertz CT molecular complexity index is 1760. The number of piperazine rings is 1. The number of alkyl halides is 3. The average molecular weight is 693 g/mol. The van der Waals surface area contributed by atoms with Crippen LogP contribution in [0.15, 0.2) is 88.7 Å². The summed E-state index contributed by atoms with van der Waals surface area (Å²) in [4.78, 5) is 23.6. The fraction of sp³-hybridized carbons (Fsp3) is 0.395. The number of halogens is 3. The minimum absolute atomic E-state index is 0.292. The quantitative estimate of drug-likeness (QED) is 0.141. The number of hydrogen-bond acceptors (Lipinski definition) is 8. The van der Waals surface area contributed by atoms with Crippen LogP contribution in [0.4, 0.5) is 24.5 Å². The minimum atomic E-state index is -4.39. The van der Waals surface area contributed by atoms with Crippen molar-refractivity contribution in [2.75, 3.05) is 71.4 Å². The van der Waals surface area contributed by atoms with E-state index in [0.717, 1.165) is 71.0 Å². The molecule has 11 heteroatoms.